The van der Waals surface area contributed by atoms with Crippen molar-refractivity contribution in [2.24, 2.45) is 0 Å². The Balaban J connectivity index is 1.68. The van der Waals surface area contributed by atoms with Gasteiger partial charge >= 0.3 is 0 Å². The number of anilines is 1. The summed E-state index contributed by atoms with van der Waals surface area (Å²) in [5.41, 5.74) is 1.47. The number of benzene rings is 1. The van der Waals surface area contributed by atoms with Gasteiger partial charge < -0.3 is 15.0 Å². The largest absolute Gasteiger partial charge is 0.497 e. The lowest BCUT2D eigenvalue weighted by molar-refractivity contribution is 0.0949. The number of ether oxygens (including phenoxy) is 1. The molecule has 1 saturated heterocycles. The zero-order chi connectivity index (χ0) is 16.9. The molecule has 1 aliphatic rings. The fourth-order valence-corrected chi connectivity index (χ4v) is 2.83. The summed E-state index contributed by atoms with van der Waals surface area (Å²) in [6.07, 6.45) is 2.40. The molecule has 6 nitrogen and oxygen atoms in total. The van der Waals surface area contributed by atoms with Crippen LogP contribution in [0.1, 0.15) is 34.7 Å². The third kappa shape index (κ3) is 3.82. The van der Waals surface area contributed by atoms with E-state index in [4.69, 9.17) is 4.74 Å². The molecule has 0 aliphatic carbocycles. The van der Waals surface area contributed by atoms with Gasteiger partial charge in [0.2, 0.25) is 0 Å². The molecule has 1 N–H and O–H groups in total. The highest BCUT2D eigenvalue weighted by Crippen LogP contribution is 2.18. The lowest BCUT2D eigenvalue weighted by Gasteiger charge is -2.17. The lowest BCUT2D eigenvalue weighted by atomic mass is 10.2. The van der Waals surface area contributed by atoms with E-state index in [2.05, 4.69) is 20.2 Å². The quantitative estimate of drug-likeness (QED) is 0.913. The van der Waals surface area contributed by atoms with Crippen molar-refractivity contribution in [3.8, 4) is 5.75 Å². The number of carbonyl (C=O) groups is 1. The monoisotopic (exact) mass is 326 g/mol. The Bertz CT molecular complexity index is 727. The van der Waals surface area contributed by atoms with Crippen molar-refractivity contribution < 1.29 is 9.53 Å². The molecular weight excluding hydrogens is 304 g/mol. The van der Waals surface area contributed by atoms with Crippen molar-refractivity contribution >= 4 is 11.7 Å². The van der Waals surface area contributed by atoms with Gasteiger partial charge in [-0.25, -0.2) is 9.97 Å². The maximum atomic E-state index is 12.3. The molecule has 1 aromatic carbocycles. The number of hydrogen-bond donors (Lipinski definition) is 1. The van der Waals surface area contributed by atoms with Crippen LogP contribution in [0.25, 0.3) is 0 Å². The van der Waals surface area contributed by atoms with Crippen LogP contribution in [0.15, 0.2) is 30.3 Å². The van der Waals surface area contributed by atoms with Gasteiger partial charge in [0.1, 0.15) is 17.4 Å². The molecule has 1 fully saturated rings. The predicted octanol–water partition coefficient (Wildman–Crippen LogP) is 2.32. The van der Waals surface area contributed by atoms with Gasteiger partial charge in [-0.3, -0.25) is 4.79 Å². The molecule has 0 spiro atoms. The maximum absolute atomic E-state index is 12.3. The normalized spacial score (nSPS) is 13.8. The highest BCUT2D eigenvalue weighted by atomic mass is 16.5. The van der Waals surface area contributed by atoms with E-state index in [9.17, 15) is 4.79 Å². The predicted molar refractivity (Wildman–Crippen MR) is 92.4 cm³/mol. The molecule has 24 heavy (non-hydrogen) atoms. The minimum absolute atomic E-state index is 0.165. The topological polar surface area (TPSA) is 67.3 Å². The van der Waals surface area contributed by atoms with Crippen LogP contribution in [0, 0.1) is 6.92 Å². The van der Waals surface area contributed by atoms with Gasteiger partial charge in [-0.2, -0.15) is 0 Å². The van der Waals surface area contributed by atoms with E-state index in [1.807, 2.05) is 19.1 Å². The second-order valence-corrected chi connectivity index (χ2v) is 5.89. The van der Waals surface area contributed by atoms with E-state index in [0.29, 0.717) is 23.7 Å². The minimum atomic E-state index is -0.165. The van der Waals surface area contributed by atoms with E-state index in [0.717, 1.165) is 24.6 Å². The van der Waals surface area contributed by atoms with Crippen LogP contribution in [0.2, 0.25) is 0 Å². The Morgan fingerprint density at radius 1 is 1.25 bits per heavy atom. The molecule has 0 bridgehead atoms. The first-order chi connectivity index (χ1) is 11.7. The Kier molecular flexibility index (Phi) is 4.93. The summed E-state index contributed by atoms with van der Waals surface area (Å²) >= 11 is 0. The van der Waals surface area contributed by atoms with E-state index in [1.54, 1.807) is 25.3 Å². The van der Waals surface area contributed by atoms with E-state index < -0.39 is 0 Å². The van der Waals surface area contributed by atoms with Gasteiger partial charge in [-0.1, -0.05) is 6.07 Å². The number of aromatic nitrogens is 2. The molecule has 1 amide bonds. The van der Waals surface area contributed by atoms with Crippen LogP contribution in [0.4, 0.5) is 5.82 Å². The summed E-state index contributed by atoms with van der Waals surface area (Å²) in [5.74, 6) is 2.08. The van der Waals surface area contributed by atoms with Crippen molar-refractivity contribution in [3.63, 3.8) is 0 Å². The molecule has 0 saturated carbocycles. The number of amides is 1. The molecule has 3 rings (SSSR count). The molecule has 126 valence electrons. The van der Waals surface area contributed by atoms with Gasteiger partial charge in [0, 0.05) is 30.4 Å². The van der Waals surface area contributed by atoms with Crippen molar-refractivity contribution in [2.45, 2.75) is 26.3 Å². The number of rotatable bonds is 5. The molecule has 0 atom stereocenters. The number of hydrogen-bond acceptors (Lipinski definition) is 5. The summed E-state index contributed by atoms with van der Waals surface area (Å²) in [5, 5.41) is 2.87. The average Bonchev–Trinajstić information content (AvgIpc) is 3.14. The maximum Gasteiger partial charge on any atom is 0.251 e. The van der Waals surface area contributed by atoms with E-state index in [-0.39, 0.29) is 5.91 Å². The fourth-order valence-electron chi connectivity index (χ4n) is 2.83. The van der Waals surface area contributed by atoms with Crippen molar-refractivity contribution in [1.82, 2.24) is 15.3 Å². The summed E-state index contributed by atoms with van der Waals surface area (Å²) < 4.78 is 5.15. The van der Waals surface area contributed by atoms with Crippen LogP contribution in [-0.4, -0.2) is 36.1 Å². The second-order valence-electron chi connectivity index (χ2n) is 5.89. The Hall–Kier alpha value is -2.63. The summed E-state index contributed by atoms with van der Waals surface area (Å²) in [7, 11) is 1.58. The molecule has 1 aromatic heterocycles. The zero-order valence-electron chi connectivity index (χ0n) is 14.1. The van der Waals surface area contributed by atoms with Gasteiger partial charge in [0.05, 0.1) is 13.7 Å². The molecular formula is C18H22N4O2. The second kappa shape index (κ2) is 7.29. The number of aryl methyl sites for hydroxylation is 1. The Morgan fingerprint density at radius 2 is 2.04 bits per heavy atom. The van der Waals surface area contributed by atoms with Crippen molar-refractivity contribution in [3.05, 3.63) is 47.4 Å². The molecule has 0 unspecified atom stereocenters. The van der Waals surface area contributed by atoms with Crippen LogP contribution in [0.5, 0.6) is 5.75 Å². The minimum Gasteiger partial charge on any atom is -0.497 e. The van der Waals surface area contributed by atoms with Crippen LogP contribution >= 0.6 is 0 Å². The first-order valence-electron chi connectivity index (χ1n) is 8.17. The zero-order valence-corrected chi connectivity index (χ0v) is 14.1. The Morgan fingerprint density at radius 3 is 2.79 bits per heavy atom. The number of methoxy groups -OCH3 is 1. The highest BCUT2D eigenvalue weighted by Gasteiger charge is 2.15. The molecule has 2 heterocycles. The summed E-state index contributed by atoms with van der Waals surface area (Å²) in [4.78, 5) is 23.6. The summed E-state index contributed by atoms with van der Waals surface area (Å²) in [6.45, 7) is 4.32. The highest BCUT2D eigenvalue weighted by molar-refractivity contribution is 5.94. The number of nitrogens with one attached hydrogen (secondary N) is 1. The average molecular weight is 326 g/mol. The van der Waals surface area contributed by atoms with Crippen molar-refractivity contribution in [1.29, 1.82) is 0 Å². The van der Waals surface area contributed by atoms with Crippen LogP contribution in [-0.2, 0) is 6.54 Å². The third-order valence-corrected chi connectivity index (χ3v) is 4.06. The third-order valence-electron chi connectivity index (χ3n) is 4.06. The van der Waals surface area contributed by atoms with Gasteiger partial charge in [0.25, 0.3) is 5.91 Å². The fraction of sp³-hybridized carbons (Fsp3) is 0.389. The van der Waals surface area contributed by atoms with Crippen LogP contribution in [0.3, 0.4) is 0 Å². The van der Waals surface area contributed by atoms with Gasteiger partial charge in [0.15, 0.2) is 0 Å². The van der Waals surface area contributed by atoms with E-state index >= 15 is 0 Å². The SMILES string of the molecule is COc1cccc(C(=O)NCc2nc(C)cc(N3CCCC3)n2)c1. The summed E-state index contributed by atoms with van der Waals surface area (Å²) in [6, 6.07) is 9.07. The molecule has 2 aromatic rings. The molecule has 0 radical (unpaired) electrons. The van der Waals surface area contributed by atoms with Gasteiger partial charge in [-0.05, 0) is 38.0 Å². The van der Waals surface area contributed by atoms with Gasteiger partial charge in [-0.15, -0.1) is 0 Å². The number of nitrogens with zero attached hydrogens (tertiary/aromatic N) is 3. The number of carbonyl (C=O) groups excluding carboxylic acids is 1. The smallest absolute Gasteiger partial charge is 0.251 e. The Labute approximate surface area is 141 Å². The van der Waals surface area contributed by atoms with E-state index in [1.165, 1.54) is 12.8 Å². The lowest BCUT2D eigenvalue weighted by Crippen LogP contribution is -2.25. The molecule has 6 heteroatoms. The van der Waals surface area contributed by atoms with Crippen molar-refractivity contribution in [2.75, 3.05) is 25.1 Å². The standard InChI is InChI=1S/C18H22N4O2/c1-13-10-17(22-8-3-4-9-22)21-16(20-13)12-19-18(23)14-6-5-7-15(11-14)24-2/h5-7,10-11H,3-4,8-9,12H2,1-2H3,(H,19,23). The first-order valence-corrected chi connectivity index (χ1v) is 8.17. The van der Waals surface area contributed by atoms with Crippen LogP contribution < -0.4 is 15.0 Å². The molecule has 1 aliphatic heterocycles. The first kappa shape index (κ1) is 16.2.